The number of halogens is 1. The molecule has 3 aromatic rings. The molecule has 0 N–H and O–H groups in total. The maximum Gasteiger partial charge on any atom is 0.274 e. The lowest BCUT2D eigenvalue weighted by molar-refractivity contribution is 0.0358. The Morgan fingerprint density at radius 3 is 2.39 bits per heavy atom. The smallest absolute Gasteiger partial charge is 0.274 e. The van der Waals surface area contributed by atoms with Gasteiger partial charge in [0.05, 0.1) is 36.0 Å². The van der Waals surface area contributed by atoms with Gasteiger partial charge in [-0.3, -0.25) is 9.69 Å². The number of hydrogen-bond donors (Lipinski definition) is 0. The van der Waals surface area contributed by atoms with Crippen LogP contribution >= 0.6 is 11.6 Å². The molecule has 0 saturated carbocycles. The number of hydrogen-bond acceptors (Lipinski definition) is 4. The zero-order chi connectivity index (χ0) is 19.3. The summed E-state index contributed by atoms with van der Waals surface area (Å²) in [6.07, 6.45) is 0. The molecule has 1 saturated heterocycles. The summed E-state index contributed by atoms with van der Waals surface area (Å²) in [5.74, 6) is 0. The molecule has 5 nitrogen and oxygen atoms in total. The van der Waals surface area contributed by atoms with Gasteiger partial charge in [-0.2, -0.15) is 5.10 Å². The van der Waals surface area contributed by atoms with Crippen molar-refractivity contribution in [2.75, 3.05) is 32.8 Å². The van der Waals surface area contributed by atoms with Crippen LogP contribution in [-0.4, -0.2) is 47.5 Å². The van der Waals surface area contributed by atoms with E-state index < -0.39 is 0 Å². The molecular weight excluding hydrogens is 374 g/mol. The highest BCUT2D eigenvalue weighted by atomic mass is 35.5. The van der Waals surface area contributed by atoms with E-state index in [1.807, 2.05) is 60.7 Å². The van der Waals surface area contributed by atoms with Crippen molar-refractivity contribution in [1.82, 2.24) is 14.7 Å². The lowest BCUT2D eigenvalue weighted by Gasteiger charge is -2.26. The largest absolute Gasteiger partial charge is 0.379 e. The zero-order valence-corrected chi connectivity index (χ0v) is 16.3. The Kier molecular flexibility index (Phi) is 5.86. The van der Waals surface area contributed by atoms with Crippen molar-refractivity contribution in [2.45, 2.75) is 6.54 Å². The summed E-state index contributed by atoms with van der Waals surface area (Å²) < 4.78 is 6.97. The molecule has 0 aliphatic carbocycles. The minimum Gasteiger partial charge on any atom is -0.379 e. The molecule has 0 radical (unpaired) electrons. The van der Waals surface area contributed by atoms with Gasteiger partial charge in [-0.15, -0.1) is 0 Å². The summed E-state index contributed by atoms with van der Waals surface area (Å²) >= 11 is 6.40. The van der Waals surface area contributed by atoms with E-state index in [0.29, 0.717) is 22.8 Å². The first-order valence-electron chi connectivity index (χ1n) is 9.45. The lowest BCUT2D eigenvalue weighted by atomic mass is 10.0. The minimum absolute atomic E-state index is 0.0877. The fraction of sp³-hybridized carbons (Fsp3) is 0.273. The van der Waals surface area contributed by atoms with E-state index in [9.17, 15) is 4.79 Å². The van der Waals surface area contributed by atoms with E-state index in [-0.39, 0.29) is 5.56 Å². The molecule has 1 aliphatic rings. The predicted molar refractivity (Wildman–Crippen MR) is 112 cm³/mol. The van der Waals surface area contributed by atoms with Gasteiger partial charge in [-0.25, -0.2) is 4.68 Å². The van der Waals surface area contributed by atoms with Gasteiger partial charge in [0.25, 0.3) is 5.56 Å². The van der Waals surface area contributed by atoms with Crippen molar-refractivity contribution in [3.63, 3.8) is 0 Å². The van der Waals surface area contributed by atoms with Gasteiger partial charge in [0, 0.05) is 25.2 Å². The van der Waals surface area contributed by atoms with E-state index in [2.05, 4.69) is 10.00 Å². The molecule has 2 aromatic carbocycles. The van der Waals surface area contributed by atoms with Gasteiger partial charge >= 0.3 is 0 Å². The van der Waals surface area contributed by atoms with Gasteiger partial charge in [0.15, 0.2) is 0 Å². The summed E-state index contributed by atoms with van der Waals surface area (Å²) in [4.78, 5) is 15.4. The van der Waals surface area contributed by atoms with Crippen molar-refractivity contribution >= 4 is 11.6 Å². The topological polar surface area (TPSA) is 47.4 Å². The number of morpholine rings is 1. The fourth-order valence-corrected chi connectivity index (χ4v) is 3.61. The van der Waals surface area contributed by atoms with Crippen molar-refractivity contribution in [3.05, 3.63) is 76.0 Å². The van der Waals surface area contributed by atoms with Crippen LogP contribution in [0.2, 0.25) is 5.02 Å². The van der Waals surface area contributed by atoms with Crippen molar-refractivity contribution < 1.29 is 4.74 Å². The van der Waals surface area contributed by atoms with E-state index in [4.69, 9.17) is 16.3 Å². The highest BCUT2D eigenvalue weighted by molar-refractivity contribution is 6.33. The first-order valence-corrected chi connectivity index (χ1v) is 9.83. The van der Waals surface area contributed by atoms with Crippen LogP contribution in [-0.2, 0) is 11.3 Å². The highest BCUT2D eigenvalue weighted by Crippen LogP contribution is 2.27. The molecule has 1 aliphatic heterocycles. The SMILES string of the molecule is O=c1c(-c2ccccc2)cc(-c2ccccc2Cl)nn1CCN1CCOCC1. The monoisotopic (exact) mass is 395 g/mol. The van der Waals surface area contributed by atoms with E-state index in [1.165, 1.54) is 0 Å². The second kappa shape index (κ2) is 8.69. The van der Waals surface area contributed by atoms with Crippen molar-refractivity contribution in [2.24, 2.45) is 0 Å². The number of aromatic nitrogens is 2. The normalized spacial score (nSPS) is 14.9. The third-order valence-corrected chi connectivity index (χ3v) is 5.27. The average molecular weight is 396 g/mol. The molecule has 0 bridgehead atoms. The quantitative estimate of drug-likeness (QED) is 0.662. The number of nitrogens with zero attached hydrogens (tertiary/aromatic N) is 3. The Labute approximate surface area is 169 Å². The third-order valence-electron chi connectivity index (χ3n) is 4.94. The van der Waals surface area contributed by atoms with Crippen molar-refractivity contribution in [1.29, 1.82) is 0 Å². The van der Waals surface area contributed by atoms with Crippen LogP contribution in [0.1, 0.15) is 0 Å². The standard InChI is InChI=1S/C22H22ClN3O2/c23-20-9-5-4-8-18(20)21-16-19(17-6-2-1-3-7-17)22(27)26(24-21)11-10-25-12-14-28-15-13-25/h1-9,16H,10-15H2. The molecule has 0 spiro atoms. The van der Waals surface area contributed by atoms with Gasteiger partial charge in [-0.05, 0) is 17.7 Å². The number of benzene rings is 2. The Hall–Kier alpha value is -2.47. The van der Waals surface area contributed by atoms with Crippen molar-refractivity contribution in [3.8, 4) is 22.4 Å². The Balaban J connectivity index is 1.74. The summed E-state index contributed by atoms with van der Waals surface area (Å²) in [5.41, 5.74) is 2.94. The first-order chi connectivity index (χ1) is 13.7. The molecule has 0 unspecified atom stereocenters. The van der Waals surface area contributed by atoms with Gasteiger partial charge in [0.2, 0.25) is 0 Å². The van der Waals surface area contributed by atoms with Crippen LogP contribution < -0.4 is 5.56 Å². The third kappa shape index (κ3) is 4.17. The van der Waals surface area contributed by atoms with E-state index >= 15 is 0 Å². The summed E-state index contributed by atoms with van der Waals surface area (Å²) in [5, 5.41) is 5.25. The van der Waals surface area contributed by atoms with Gasteiger partial charge < -0.3 is 4.74 Å². The lowest BCUT2D eigenvalue weighted by Crippen LogP contribution is -2.39. The Morgan fingerprint density at radius 1 is 0.929 bits per heavy atom. The second-order valence-corrected chi connectivity index (χ2v) is 7.18. The molecule has 6 heteroatoms. The number of ether oxygens (including phenoxy) is 1. The van der Waals surface area contributed by atoms with Crippen LogP contribution in [0.25, 0.3) is 22.4 Å². The molecule has 144 valence electrons. The summed E-state index contributed by atoms with van der Waals surface area (Å²) in [7, 11) is 0. The van der Waals surface area contributed by atoms with Gasteiger partial charge in [-0.1, -0.05) is 60.1 Å². The van der Waals surface area contributed by atoms with Crippen LogP contribution in [0.5, 0.6) is 0 Å². The highest BCUT2D eigenvalue weighted by Gasteiger charge is 2.15. The first kappa shape index (κ1) is 18.9. The second-order valence-electron chi connectivity index (χ2n) is 6.77. The molecule has 4 rings (SSSR count). The zero-order valence-electron chi connectivity index (χ0n) is 15.6. The summed E-state index contributed by atoms with van der Waals surface area (Å²) in [6.45, 7) is 4.51. The minimum atomic E-state index is -0.0877. The maximum absolute atomic E-state index is 13.1. The predicted octanol–water partition coefficient (Wildman–Crippen LogP) is 3.56. The molecule has 0 amide bonds. The average Bonchev–Trinajstić information content (AvgIpc) is 2.75. The molecule has 28 heavy (non-hydrogen) atoms. The maximum atomic E-state index is 13.1. The Morgan fingerprint density at radius 2 is 1.64 bits per heavy atom. The van der Waals surface area contributed by atoms with Crippen LogP contribution in [0.15, 0.2) is 65.5 Å². The Bertz CT molecular complexity index is 998. The fourth-order valence-electron chi connectivity index (χ4n) is 3.38. The van der Waals surface area contributed by atoms with Gasteiger partial charge in [0.1, 0.15) is 0 Å². The van der Waals surface area contributed by atoms with E-state index in [1.54, 1.807) is 4.68 Å². The molecule has 1 aromatic heterocycles. The van der Waals surface area contributed by atoms with Crippen LogP contribution in [0.3, 0.4) is 0 Å². The molecular formula is C22H22ClN3O2. The molecule has 1 fully saturated rings. The molecule has 0 atom stereocenters. The van der Waals surface area contributed by atoms with E-state index in [0.717, 1.165) is 44.0 Å². The summed E-state index contributed by atoms with van der Waals surface area (Å²) in [6, 6.07) is 19.1. The van der Waals surface area contributed by atoms with Crippen LogP contribution in [0, 0.1) is 0 Å². The number of rotatable bonds is 5. The molecule has 2 heterocycles. The van der Waals surface area contributed by atoms with Crippen LogP contribution in [0.4, 0.5) is 0 Å².